The topological polar surface area (TPSA) is 80.7 Å². The van der Waals surface area contributed by atoms with Gasteiger partial charge in [-0.2, -0.15) is 4.31 Å². The molecule has 0 unspecified atom stereocenters. The van der Waals surface area contributed by atoms with Crippen molar-refractivity contribution in [3.63, 3.8) is 0 Å². The van der Waals surface area contributed by atoms with Crippen LogP contribution in [-0.4, -0.2) is 31.9 Å². The lowest BCUT2D eigenvalue weighted by molar-refractivity contribution is -0.247. The Morgan fingerprint density at radius 1 is 0.781 bits per heavy atom. The highest BCUT2D eigenvalue weighted by atomic mass is 32.2. The molecule has 1 aliphatic rings. The molecule has 0 N–H and O–H groups in total. The second kappa shape index (κ2) is 9.54. The second-order valence-corrected chi connectivity index (χ2v) is 9.76. The monoisotopic (exact) mass is 449 g/mol. The Balaban J connectivity index is 1.72. The molecule has 6 nitrogen and oxygen atoms in total. The number of carbonyl (C=O) groups is 1. The van der Waals surface area contributed by atoms with Crippen LogP contribution >= 0.6 is 0 Å². The Hall–Kier alpha value is -3.16. The van der Waals surface area contributed by atoms with Crippen LogP contribution in [0.15, 0.2) is 89.8 Å². The molecule has 3 aromatic rings. The molecule has 0 radical (unpaired) electrons. The molecule has 0 spiro atoms. The fourth-order valence-electron chi connectivity index (χ4n) is 4.15. The summed E-state index contributed by atoms with van der Waals surface area (Å²) < 4.78 is 27.4. The molecule has 166 valence electrons. The summed E-state index contributed by atoms with van der Waals surface area (Å²) in [4.78, 5) is 13.6. The maximum Gasteiger partial charge on any atom is 0.243 e. The quantitative estimate of drug-likeness (QED) is 0.573. The van der Waals surface area contributed by atoms with Gasteiger partial charge in [0.2, 0.25) is 10.0 Å². The van der Waals surface area contributed by atoms with Gasteiger partial charge in [0.15, 0.2) is 0 Å². The summed E-state index contributed by atoms with van der Waals surface area (Å²) in [6.07, 6.45) is 1.37. The predicted octanol–water partition coefficient (Wildman–Crippen LogP) is 3.80. The van der Waals surface area contributed by atoms with Crippen molar-refractivity contribution >= 4 is 21.8 Å². The van der Waals surface area contributed by atoms with Gasteiger partial charge in [-0.3, -0.25) is 0 Å². The number of hydrogen-bond donors (Lipinski definition) is 0. The van der Waals surface area contributed by atoms with Crippen LogP contribution in [0.25, 0.3) is 0 Å². The summed E-state index contributed by atoms with van der Waals surface area (Å²) in [7, 11) is -3.60. The number of carbonyl (C=O) groups excluding carboxylic acids is 1. The largest absolute Gasteiger partial charge is 0.530 e. The third-order valence-electron chi connectivity index (χ3n) is 5.75. The minimum atomic E-state index is -3.60. The number of carboxylic acid groups (broad SMARTS) is 1. The zero-order valence-corrected chi connectivity index (χ0v) is 18.4. The summed E-state index contributed by atoms with van der Waals surface area (Å²) >= 11 is 0. The van der Waals surface area contributed by atoms with Gasteiger partial charge in [0.25, 0.3) is 0 Å². The van der Waals surface area contributed by atoms with Crippen molar-refractivity contribution < 1.29 is 18.3 Å². The third-order valence-corrected chi connectivity index (χ3v) is 7.67. The number of hydrogen-bond acceptors (Lipinski definition) is 4. The van der Waals surface area contributed by atoms with E-state index in [0.717, 1.165) is 30.4 Å². The molecule has 0 atom stereocenters. The summed E-state index contributed by atoms with van der Waals surface area (Å²) in [5.74, 6) is 0. The van der Waals surface area contributed by atoms with Crippen LogP contribution < -0.4 is 10.0 Å². The van der Waals surface area contributed by atoms with E-state index < -0.39 is 22.2 Å². The predicted molar refractivity (Wildman–Crippen MR) is 122 cm³/mol. The highest BCUT2D eigenvalue weighted by molar-refractivity contribution is 7.89. The lowest BCUT2D eigenvalue weighted by atomic mass is 9.97. The Morgan fingerprint density at radius 2 is 1.28 bits per heavy atom. The molecule has 3 aromatic carbocycles. The molecule has 1 heterocycles. The van der Waals surface area contributed by atoms with E-state index in [-0.39, 0.29) is 4.90 Å². The van der Waals surface area contributed by atoms with E-state index in [9.17, 15) is 18.3 Å². The van der Waals surface area contributed by atoms with Gasteiger partial charge < -0.3 is 14.8 Å². The van der Waals surface area contributed by atoms with Crippen molar-refractivity contribution in [2.24, 2.45) is 0 Å². The highest BCUT2D eigenvalue weighted by Gasteiger charge is 2.27. The average molecular weight is 450 g/mol. The van der Waals surface area contributed by atoms with Crippen LogP contribution in [0.4, 0.5) is 10.5 Å². The zero-order valence-electron chi connectivity index (χ0n) is 17.6. The van der Waals surface area contributed by atoms with E-state index in [1.165, 1.54) is 33.5 Å². The van der Waals surface area contributed by atoms with Crippen molar-refractivity contribution in [2.75, 3.05) is 18.0 Å². The third kappa shape index (κ3) is 4.54. The number of benzene rings is 3. The molecule has 1 amide bonds. The Kier molecular flexibility index (Phi) is 6.58. The molecule has 1 saturated heterocycles. The maximum absolute atomic E-state index is 13.0. The van der Waals surface area contributed by atoms with Crippen LogP contribution in [0, 0.1) is 0 Å². The molecule has 7 heteroatoms. The average Bonchev–Trinajstić information content (AvgIpc) is 2.84. The lowest BCUT2D eigenvalue weighted by Crippen LogP contribution is -2.44. The Morgan fingerprint density at radius 3 is 1.75 bits per heavy atom. The molecule has 32 heavy (non-hydrogen) atoms. The van der Waals surface area contributed by atoms with E-state index >= 15 is 0 Å². The fraction of sp³-hybridized carbons (Fsp3) is 0.240. The highest BCUT2D eigenvalue weighted by Crippen LogP contribution is 2.33. The molecule has 0 saturated carbocycles. The van der Waals surface area contributed by atoms with Crippen molar-refractivity contribution in [3.05, 3.63) is 96.1 Å². The summed E-state index contributed by atoms with van der Waals surface area (Å²) in [6.45, 7) is 1.03. The number of anilines is 1. The first-order valence-electron chi connectivity index (χ1n) is 10.7. The van der Waals surface area contributed by atoms with Crippen molar-refractivity contribution in [3.8, 4) is 0 Å². The molecular formula is C25H25N2O4S-. The smallest absolute Gasteiger partial charge is 0.243 e. The minimum absolute atomic E-state index is 0.164. The summed E-state index contributed by atoms with van der Waals surface area (Å²) in [6, 6.07) is 24.0. The first kappa shape index (κ1) is 22.0. The Labute approximate surface area is 188 Å². The zero-order chi connectivity index (χ0) is 22.6. The molecule has 0 aliphatic carbocycles. The fourth-order valence-corrected chi connectivity index (χ4v) is 5.67. The van der Waals surface area contributed by atoms with Crippen LogP contribution in [0.5, 0.6) is 0 Å². The van der Waals surface area contributed by atoms with Crippen molar-refractivity contribution in [2.45, 2.75) is 30.2 Å². The van der Waals surface area contributed by atoms with Gasteiger partial charge in [0, 0.05) is 18.8 Å². The molecule has 0 aromatic heterocycles. The first-order valence-corrected chi connectivity index (χ1v) is 12.1. The second-order valence-electron chi connectivity index (χ2n) is 7.82. The first-order chi connectivity index (χ1) is 15.5. The number of amides is 1. The maximum atomic E-state index is 13.0. The summed E-state index contributed by atoms with van der Waals surface area (Å²) in [5.41, 5.74) is 1.92. The number of nitrogens with zero attached hydrogens (tertiary/aromatic N) is 2. The normalized spacial score (nSPS) is 14.9. The minimum Gasteiger partial charge on any atom is -0.530 e. The summed E-state index contributed by atoms with van der Waals surface area (Å²) in [5, 5.41) is 12.3. The van der Waals surface area contributed by atoms with Crippen LogP contribution in [0.2, 0.25) is 0 Å². The molecule has 4 rings (SSSR count). The number of piperidine rings is 1. The molecular weight excluding hydrogens is 424 g/mol. The molecule has 1 aliphatic heterocycles. The van der Waals surface area contributed by atoms with Gasteiger partial charge in [-0.05, 0) is 48.2 Å². The van der Waals surface area contributed by atoms with Gasteiger partial charge >= 0.3 is 0 Å². The SMILES string of the molecule is O=C([O-])N(c1ccc(S(=O)(=O)N2CCCCC2)cc1)C(c1ccccc1)c1ccccc1. The van der Waals surface area contributed by atoms with Gasteiger partial charge in [0.05, 0.1) is 10.9 Å². The number of sulfonamides is 1. The van der Waals surface area contributed by atoms with Crippen LogP contribution in [-0.2, 0) is 10.0 Å². The lowest BCUT2D eigenvalue weighted by Gasteiger charge is -2.35. The number of rotatable bonds is 6. The van der Waals surface area contributed by atoms with Gasteiger partial charge in [-0.25, -0.2) is 8.42 Å². The van der Waals surface area contributed by atoms with E-state index in [1.54, 1.807) is 0 Å². The van der Waals surface area contributed by atoms with Crippen LogP contribution in [0.3, 0.4) is 0 Å². The standard InChI is InChI=1S/C25H26N2O4S/c28-25(29)27(24(20-10-4-1-5-11-20)21-12-6-2-7-13-21)22-14-16-23(17-15-22)32(30,31)26-18-8-3-9-19-26/h1-2,4-7,10-17,24H,3,8-9,18-19H2,(H,28,29)/p-1. The van der Waals surface area contributed by atoms with Crippen molar-refractivity contribution in [1.82, 2.24) is 4.31 Å². The molecule has 0 bridgehead atoms. The van der Waals surface area contributed by atoms with Gasteiger partial charge in [0.1, 0.15) is 6.09 Å². The van der Waals surface area contributed by atoms with E-state index in [0.29, 0.717) is 18.8 Å². The van der Waals surface area contributed by atoms with E-state index in [4.69, 9.17) is 0 Å². The molecule has 1 fully saturated rings. The van der Waals surface area contributed by atoms with Crippen molar-refractivity contribution in [1.29, 1.82) is 0 Å². The van der Waals surface area contributed by atoms with E-state index in [1.807, 2.05) is 60.7 Å². The van der Waals surface area contributed by atoms with Gasteiger partial charge in [-0.1, -0.05) is 67.1 Å². The Bertz CT molecular complexity index is 1100. The van der Waals surface area contributed by atoms with Gasteiger partial charge in [-0.15, -0.1) is 0 Å². The van der Waals surface area contributed by atoms with Crippen LogP contribution in [0.1, 0.15) is 36.4 Å². The van der Waals surface area contributed by atoms with E-state index in [2.05, 4.69) is 0 Å².